The van der Waals surface area contributed by atoms with Crippen LogP contribution in [0.5, 0.6) is 0 Å². The van der Waals surface area contributed by atoms with Gasteiger partial charge in [-0.3, -0.25) is 4.79 Å². The van der Waals surface area contributed by atoms with Gasteiger partial charge in [0.05, 0.1) is 0 Å². The van der Waals surface area contributed by atoms with Crippen LogP contribution in [0.4, 0.5) is 0 Å². The Kier molecular flexibility index (Phi) is 14.2. The number of ether oxygens (including phenoxy) is 2. The van der Waals surface area contributed by atoms with Crippen molar-refractivity contribution in [3.05, 3.63) is 12.2 Å². The molecule has 0 aliphatic carbocycles. The molecular formula is C8H16O3. The van der Waals surface area contributed by atoms with Crippen molar-refractivity contribution in [2.75, 3.05) is 14.2 Å². The first kappa shape index (κ1) is 13.0. The zero-order valence-corrected chi connectivity index (χ0v) is 7.53. The highest BCUT2D eigenvalue weighted by molar-refractivity contribution is 5.64. The standard InChI is InChI=1S/C4H10O2.C4H6O/c1-4(5-2)6-3;1-2-3-4-5/h4H,1-3H3;2-4H,1H3. The number of carbonyl (C=O) groups excluding carboxylic acids is 1. The fourth-order valence-corrected chi connectivity index (χ4v) is 0.175. The summed E-state index contributed by atoms with van der Waals surface area (Å²) in [5.74, 6) is 0. The molecule has 0 atom stereocenters. The molecule has 3 heteroatoms. The molecule has 0 aromatic rings. The van der Waals surface area contributed by atoms with Crippen LogP contribution in [0.25, 0.3) is 0 Å². The van der Waals surface area contributed by atoms with E-state index in [1.807, 2.05) is 6.92 Å². The zero-order valence-electron chi connectivity index (χ0n) is 7.53. The van der Waals surface area contributed by atoms with Crippen molar-refractivity contribution in [3.8, 4) is 0 Å². The second-order valence-electron chi connectivity index (χ2n) is 1.70. The van der Waals surface area contributed by atoms with E-state index >= 15 is 0 Å². The lowest BCUT2D eigenvalue weighted by molar-refractivity contribution is -0.104. The van der Waals surface area contributed by atoms with E-state index in [0.717, 1.165) is 6.29 Å². The summed E-state index contributed by atoms with van der Waals surface area (Å²) < 4.78 is 9.35. The highest BCUT2D eigenvalue weighted by Gasteiger charge is 1.87. The van der Waals surface area contributed by atoms with Crippen LogP contribution in [0.2, 0.25) is 0 Å². The molecule has 3 nitrogen and oxygen atoms in total. The molecule has 0 fully saturated rings. The third kappa shape index (κ3) is 17.6. The Morgan fingerprint density at radius 3 is 1.73 bits per heavy atom. The lowest BCUT2D eigenvalue weighted by atomic mass is 10.6. The molecule has 0 amide bonds. The highest BCUT2D eigenvalue weighted by Crippen LogP contribution is 1.82. The van der Waals surface area contributed by atoms with Crippen LogP contribution in [-0.2, 0) is 14.3 Å². The first-order valence-corrected chi connectivity index (χ1v) is 3.34. The van der Waals surface area contributed by atoms with Crippen molar-refractivity contribution in [3.63, 3.8) is 0 Å². The van der Waals surface area contributed by atoms with Gasteiger partial charge in [0.25, 0.3) is 0 Å². The van der Waals surface area contributed by atoms with Gasteiger partial charge in [-0.05, 0) is 19.9 Å². The van der Waals surface area contributed by atoms with E-state index in [1.165, 1.54) is 6.08 Å². The molecule has 0 bridgehead atoms. The van der Waals surface area contributed by atoms with E-state index in [1.54, 1.807) is 27.2 Å². The summed E-state index contributed by atoms with van der Waals surface area (Å²) in [6, 6.07) is 0. The second-order valence-corrected chi connectivity index (χ2v) is 1.70. The number of aldehydes is 1. The Bertz CT molecular complexity index is 95.5. The van der Waals surface area contributed by atoms with E-state index in [0.29, 0.717) is 0 Å². The molecule has 0 aromatic carbocycles. The van der Waals surface area contributed by atoms with Gasteiger partial charge < -0.3 is 9.47 Å². The monoisotopic (exact) mass is 160 g/mol. The quantitative estimate of drug-likeness (QED) is 0.355. The summed E-state index contributed by atoms with van der Waals surface area (Å²) >= 11 is 0. The fraction of sp³-hybridized carbons (Fsp3) is 0.625. The molecule has 0 rings (SSSR count). The van der Waals surface area contributed by atoms with Crippen LogP contribution >= 0.6 is 0 Å². The predicted octanol–water partition coefficient (Wildman–Crippen LogP) is 1.39. The predicted molar refractivity (Wildman–Crippen MR) is 44.4 cm³/mol. The van der Waals surface area contributed by atoms with Gasteiger partial charge in [-0.15, -0.1) is 0 Å². The summed E-state index contributed by atoms with van der Waals surface area (Å²) in [4.78, 5) is 9.32. The minimum Gasteiger partial charge on any atom is -0.356 e. The normalized spacial score (nSPS) is 9.55. The van der Waals surface area contributed by atoms with Crippen LogP contribution in [0.3, 0.4) is 0 Å². The summed E-state index contributed by atoms with van der Waals surface area (Å²) in [6.07, 6.45) is 3.82. The molecule has 0 heterocycles. The molecule has 0 aliphatic rings. The number of methoxy groups -OCH3 is 2. The van der Waals surface area contributed by atoms with Crippen LogP contribution in [-0.4, -0.2) is 26.8 Å². The maximum atomic E-state index is 9.32. The zero-order chi connectivity index (χ0) is 9.11. The van der Waals surface area contributed by atoms with Gasteiger partial charge in [-0.1, -0.05) is 6.08 Å². The van der Waals surface area contributed by atoms with Crippen molar-refractivity contribution >= 4 is 6.29 Å². The number of allylic oxidation sites excluding steroid dienone is 2. The molecule has 0 saturated carbocycles. The van der Waals surface area contributed by atoms with Crippen molar-refractivity contribution in [2.24, 2.45) is 0 Å². The molecule has 66 valence electrons. The van der Waals surface area contributed by atoms with Crippen LogP contribution < -0.4 is 0 Å². The number of rotatable bonds is 3. The molecule has 0 unspecified atom stereocenters. The Morgan fingerprint density at radius 1 is 1.27 bits per heavy atom. The largest absolute Gasteiger partial charge is 0.356 e. The second kappa shape index (κ2) is 12.0. The fourth-order valence-electron chi connectivity index (χ4n) is 0.175. The van der Waals surface area contributed by atoms with Crippen molar-refractivity contribution in [1.82, 2.24) is 0 Å². The Balaban J connectivity index is 0. The van der Waals surface area contributed by atoms with Gasteiger partial charge >= 0.3 is 0 Å². The van der Waals surface area contributed by atoms with Gasteiger partial charge in [0.2, 0.25) is 0 Å². The van der Waals surface area contributed by atoms with E-state index < -0.39 is 0 Å². The van der Waals surface area contributed by atoms with Crippen LogP contribution in [0, 0.1) is 0 Å². The Labute approximate surface area is 68.0 Å². The molecule has 0 spiro atoms. The van der Waals surface area contributed by atoms with Gasteiger partial charge in [0.15, 0.2) is 6.29 Å². The van der Waals surface area contributed by atoms with Crippen LogP contribution in [0.15, 0.2) is 12.2 Å². The SMILES string of the molecule is CC=CC=O.COC(C)OC. The summed E-state index contributed by atoms with van der Waals surface area (Å²) in [5, 5.41) is 0. The number of carbonyl (C=O) groups is 1. The average Bonchev–Trinajstić information content (AvgIpc) is 2.06. The van der Waals surface area contributed by atoms with Crippen molar-refractivity contribution in [1.29, 1.82) is 0 Å². The average molecular weight is 160 g/mol. The van der Waals surface area contributed by atoms with E-state index in [4.69, 9.17) is 0 Å². The molecule has 0 radical (unpaired) electrons. The van der Waals surface area contributed by atoms with Crippen molar-refractivity contribution < 1.29 is 14.3 Å². The first-order chi connectivity index (χ1) is 5.22. The van der Waals surface area contributed by atoms with Gasteiger partial charge in [-0.25, -0.2) is 0 Å². The third-order valence-corrected chi connectivity index (χ3v) is 0.935. The Hall–Kier alpha value is -0.670. The number of hydrogen-bond acceptors (Lipinski definition) is 3. The van der Waals surface area contributed by atoms with E-state index in [-0.39, 0.29) is 6.29 Å². The molecule has 0 aromatic heterocycles. The van der Waals surface area contributed by atoms with Gasteiger partial charge in [-0.2, -0.15) is 0 Å². The lowest BCUT2D eigenvalue weighted by Gasteiger charge is -2.03. The molecule has 11 heavy (non-hydrogen) atoms. The summed E-state index contributed by atoms with van der Waals surface area (Å²) in [6.45, 7) is 3.63. The molecule has 0 saturated heterocycles. The van der Waals surface area contributed by atoms with Gasteiger partial charge in [0.1, 0.15) is 6.29 Å². The summed E-state index contributed by atoms with van der Waals surface area (Å²) in [7, 11) is 3.21. The smallest absolute Gasteiger partial charge is 0.154 e. The maximum absolute atomic E-state index is 9.32. The maximum Gasteiger partial charge on any atom is 0.154 e. The first-order valence-electron chi connectivity index (χ1n) is 3.34. The highest BCUT2D eigenvalue weighted by atomic mass is 16.7. The summed E-state index contributed by atoms with van der Waals surface area (Å²) in [5.41, 5.74) is 0. The minimum atomic E-state index is -0.0648. The van der Waals surface area contributed by atoms with Gasteiger partial charge in [0, 0.05) is 14.2 Å². The third-order valence-electron chi connectivity index (χ3n) is 0.935. The van der Waals surface area contributed by atoms with Crippen molar-refractivity contribution in [2.45, 2.75) is 20.1 Å². The Morgan fingerprint density at radius 2 is 1.73 bits per heavy atom. The van der Waals surface area contributed by atoms with Crippen LogP contribution in [0.1, 0.15) is 13.8 Å². The molecular weight excluding hydrogens is 144 g/mol. The van der Waals surface area contributed by atoms with E-state index in [2.05, 4.69) is 9.47 Å². The lowest BCUT2D eigenvalue weighted by Crippen LogP contribution is -2.05. The topological polar surface area (TPSA) is 35.5 Å². The number of hydrogen-bond donors (Lipinski definition) is 0. The van der Waals surface area contributed by atoms with E-state index in [9.17, 15) is 4.79 Å². The molecule has 0 aliphatic heterocycles. The minimum absolute atomic E-state index is 0.0648. The molecule has 0 N–H and O–H groups in total.